The Morgan fingerprint density at radius 2 is 2.43 bits per heavy atom. The first-order valence-electron chi connectivity index (χ1n) is 5.06. The number of nitrogens with one attached hydrogen (secondary N) is 1. The van der Waals surface area contributed by atoms with Gasteiger partial charge in [0.15, 0.2) is 0 Å². The van der Waals surface area contributed by atoms with E-state index < -0.39 is 5.60 Å². The third kappa shape index (κ3) is 1.11. The van der Waals surface area contributed by atoms with Crippen molar-refractivity contribution in [2.24, 2.45) is 11.7 Å². The van der Waals surface area contributed by atoms with Crippen molar-refractivity contribution in [3.8, 4) is 0 Å². The van der Waals surface area contributed by atoms with E-state index in [0.717, 1.165) is 23.4 Å². The molecule has 2 unspecified atom stereocenters. The number of nitrogens with zero attached hydrogens (tertiary/aromatic N) is 1. The molecule has 1 heterocycles. The molecule has 78 valence electrons. The third-order valence-corrected chi connectivity index (χ3v) is 3.30. The van der Waals surface area contributed by atoms with Crippen molar-refractivity contribution in [2.45, 2.75) is 32.3 Å². The van der Waals surface area contributed by atoms with Crippen LogP contribution in [0.1, 0.15) is 30.3 Å². The molecule has 1 aromatic rings. The summed E-state index contributed by atoms with van der Waals surface area (Å²) in [6, 6.07) is 0. The molecule has 4 N–H and O–H groups in total. The van der Waals surface area contributed by atoms with E-state index in [1.807, 2.05) is 6.92 Å². The van der Waals surface area contributed by atoms with Crippen LogP contribution in [-0.4, -0.2) is 21.8 Å². The zero-order chi connectivity index (χ0) is 10.3. The fraction of sp³-hybridized carbons (Fsp3) is 0.700. The number of aryl methyl sites for hydroxylation is 1. The molecule has 0 spiro atoms. The number of fused-ring (bicyclic) bond motifs is 1. The Kier molecular flexibility index (Phi) is 2.12. The fourth-order valence-corrected chi connectivity index (χ4v) is 2.50. The Morgan fingerprint density at radius 3 is 3.07 bits per heavy atom. The molecular formula is C10H17N3O. The van der Waals surface area contributed by atoms with Gasteiger partial charge in [-0.3, -0.25) is 5.10 Å². The fourth-order valence-electron chi connectivity index (χ4n) is 2.50. The number of aliphatic hydroxyl groups is 1. The van der Waals surface area contributed by atoms with Gasteiger partial charge >= 0.3 is 0 Å². The molecule has 0 saturated heterocycles. The number of rotatable bonds is 2. The van der Waals surface area contributed by atoms with E-state index in [-0.39, 0.29) is 5.92 Å². The van der Waals surface area contributed by atoms with Gasteiger partial charge in [-0.05, 0) is 32.2 Å². The van der Waals surface area contributed by atoms with Crippen molar-refractivity contribution in [1.29, 1.82) is 0 Å². The first-order valence-corrected chi connectivity index (χ1v) is 5.06. The van der Waals surface area contributed by atoms with Crippen LogP contribution in [-0.2, 0) is 12.0 Å². The monoisotopic (exact) mass is 195 g/mol. The molecule has 4 heteroatoms. The Labute approximate surface area is 83.5 Å². The molecule has 1 aromatic heterocycles. The summed E-state index contributed by atoms with van der Waals surface area (Å²) in [6.45, 7) is 4.51. The molecule has 14 heavy (non-hydrogen) atoms. The predicted octanol–water partition coefficient (Wildman–Crippen LogP) is 0.447. The summed E-state index contributed by atoms with van der Waals surface area (Å²) in [6.07, 6.45) is 1.46. The lowest BCUT2D eigenvalue weighted by atomic mass is 9.85. The molecule has 0 amide bonds. The number of nitrogens with two attached hydrogens (primary N) is 1. The van der Waals surface area contributed by atoms with Gasteiger partial charge in [0.2, 0.25) is 0 Å². The molecule has 0 saturated carbocycles. The number of aromatic nitrogens is 2. The molecule has 2 rings (SSSR count). The maximum Gasteiger partial charge on any atom is 0.0973 e. The normalized spacial score (nSPS) is 30.7. The van der Waals surface area contributed by atoms with Gasteiger partial charge in [-0.2, -0.15) is 5.10 Å². The van der Waals surface area contributed by atoms with Gasteiger partial charge in [-0.15, -0.1) is 0 Å². The van der Waals surface area contributed by atoms with Crippen LogP contribution in [0.25, 0.3) is 0 Å². The smallest absolute Gasteiger partial charge is 0.0973 e. The van der Waals surface area contributed by atoms with E-state index in [2.05, 4.69) is 17.1 Å². The molecule has 0 bridgehead atoms. The second-order valence-corrected chi connectivity index (χ2v) is 4.24. The Balaban J connectivity index is 2.46. The number of H-pyrrole nitrogens is 1. The van der Waals surface area contributed by atoms with Gasteiger partial charge in [0, 0.05) is 11.3 Å². The van der Waals surface area contributed by atoms with E-state index in [4.69, 9.17) is 5.73 Å². The second kappa shape index (κ2) is 3.07. The van der Waals surface area contributed by atoms with Crippen molar-refractivity contribution in [1.82, 2.24) is 10.2 Å². The van der Waals surface area contributed by atoms with Crippen LogP contribution in [0.4, 0.5) is 0 Å². The topological polar surface area (TPSA) is 74.9 Å². The molecule has 1 aliphatic rings. The summed E-state index contributed by atoms with van der Waals surface area (Å²) >= 11 is 0. The van der Waals surface area contributed by atoms with Gasteiger partial charge in [0.05, 0.1) is 11.3 Å². The zero-order valence-electron chi connectivity index (χ0n) is 8.67. The molecule has 4 nitrogen and oxygen atoms in total. The third-order valence-electron chi connectivity index (χ3n) is 3.30. The van der Waals surface area contributed by atoms with Crippen LogP contribution in [0.2, 0.25) is 0 Å². The SMILES string of the molecule is Cc1[nH]nc2c1C(O)(CCN)C(C)C2. The van der Waals surface area contributed by atoms with Gasteiger partial charge in [-0.25, -0.2) is 0 Å². The molecular weight excluding hydrogens is 178 g/mol. The van der Waals surface area contributed by atoms with Crippen molar-refractivity contribution < 1.29 is 5.11 Å². The summed E-state index contributed by atoms with van der Waals surface area (Å²) < 4.78 is 0. The summed E-state index contributed by atoms with van der Waals surface area (Å²) in [7, 11) is 0. The molecule has 2 atom stereocenters. The van der Waals surface area contributed by atoms with Gasteiger partial charge in [0.1, 0.15) is 0 Å². The van der Waals surface area contributed by atoms with Crippen LogP contribution < -0.4 is 5.73 Å². The van der Waals surface area contributed by atoms with Crippen LogP contribution in [0.15, 0.2) is 0 Å². The lowest BCUT2D eigenvalue weighted by Gasteiger charge is -2.28. The Hall–Kier alpha value is -0.870. The quantitative estimate of drug-likeness (QED) is 0.641. The first kappa shape index (κ1) is 9.68. The largest absolute Gasteiger partial charge is 0.385 e. The minimum absolute atomic E-state index is 0.219. The second-order valence-electron chi connectivity index (χ2n) is 4.24. The lowest BCUT2D eigenvalue weighted by molar-refractivity contribution is -0.0109. The van der Waals surface area contributed by atoms with Crippen LogP contribution in [0, 0.1) is 12.8 Å². The van der Waals surface area contributed by atoms with E-state index in [9.17, 15) is 5.11 Å². The first-order chi connectivity index (χ1) is 6.59. The van der Waals surface area contributed by atoms with Crippen LogP contribution in [0.5, 0.6) is 0 Å². The number of hydrogen-bond acceptors (Lipinski definition) is 3. The summed E-state index contributed by atoms with van der Waals surface area (Å²) in [4.78, 5) is 0. The van der Waals surface area contributed by atoms with Crippen molar-refractivity contribution in [3.05, 3.63) is 17.0 Å². The van der Waals surface area contributed by atoms with E-state index in [1.54, 1.807) is 0 Å². The maximum absolute atomic E-state index is 10.5. The van der Waals surface area contributed by atoms with Gasteiger partial charge < -0.3 is 10.8 Å². The highest BCUT2D eigenvalue weighted by Gasteiger charge is 2.45. The Bertz CT molecular complexity index is 347. The van der Waals surface area contributed by atoms with Crippen LogP contribution in [0.3, 0.4) is 0 Å². The van der Waals surface area contributed by atoms with Crippen molar-refractivity contribution in [3.63, 3.8) is 0 Å². The highest BCUT2D eigenvalue weighted by molar-refractivity contribution is 5.37. The number of hydrogen-bond donors (Lipinski definition) is 3. The highest BCUT2D eigenvalue weighted by atomic mass is 16.3. The van der Waals surface area contributed by atoms with E-state index in [1.165, 1.54) is 0 Å². The van der Waals surface area contributed by atoms with Crippen molar-refractivity contribution >= 4 is 0 Å². The summed E-state index contributed by atoms with van der Waals surface area (Å²) in [5.74, 6) is 0.219. The minimum atomic E-state index is -0.763. The molecule has 0 aromatic carbocycles. The predicted molar refractivity (Wildman–Crippen MR) is 53.8 cm³/mol. The molecule has 0 fully saturated rings. The standard InChI is InChI=1S/C10H17N3O/c1-6-5-8-9(7(2)12-13-8)10(6,14)3-4-11/h6,14H,3-5,11H2,1-2H3,(H,12,13). The molecule has 0 aliphatic heterocycles. The van der Waals surface area contributed by atoms with E-state index in [0.29, 0.717) is 13.0 Å². The summed E-state index contributed by atoms with van der Waals surface area (Å²) in [5, 5.41) is 17.7. The Morgan fingerprint density at radius 1 is 1.71 bits per heavy atom. The van der Waals surface area contributed by atoms with Gasteiger partial charge in [-0.1, -0.05) is 6.92 Å². The molecule has 1 aliphatic carbocycles. The lowest BCUT2D eigenvalue weighted by Crippen LogP contribution is -2.33. The zero-order valence-corrected chi connectivity index (χ0v) is 8.67. The highest BCUT2D eigenvalue weighted by Crippen LogP contribution is 2.43. The summed E-state index contributed by atoms with van der Waals surface area (Å²) in [5.41, 5.74) is 7.74. The number of aromatic amines is 1. The van der Waals surface area contributed by atoms with Gasteiger partial charge in [0.25, 0.3) is 0 Å². The molecule has 0 radical (unpaired) electrons. The average Bonchev–Trinajstić information content (AvgIpc) is 2.57. The maximum atomic E-state index is 10.5. The van der Waals surface area contributed by atoms with Crippen LogP contribution >= 0.6 is 0 Å². The van der Waals surface area contributed by atoms with E-state index >= 15 is 0 Å². The van der Waals surface area contributed by atoms with Crippen molar-refractivity contribution in [2.75, 3.05) is 6.54 Å². The average molecular weight is 195 g/mol. The minimum Gasteiger partial charge on any atom is -0.385 e.